The highest BCUT2D eigenvalue weighted by atomic mass is 15.2. The number of nitrogens with zero attached hydrogens (tertiary/aromatic N) is 4. The van der Waals surface area contributed by atoms with Crippen LogP contribution in [0.5, 0.6) is 0 Å². The molecule has 5 nitrogen and oxygen atoms in total. The van der Waals surface area contributed by atoms with Crippen molar-refractivity contribution in [2.24, 2.45) is 0 Å². The van der Waals surface area contributed by atoms with Crippen LogP contribution >= 0.6 is 0 Å². The monoisotopic (exact) mass is 351 g/mol. The standard InChI is InChI=1S/C21H29N5/c1-16-13-25(14-17(2)24-16)15-18-5-7-19(8-6-18)20-11-23-21(12-22-20)26-9-3-4-10-26/h5-8,11-12,16-17,24H,3-4,9-10,13-15H2,1-2H3. The van der Waals surface area contributed by atoms with E-state index in [-0.39, 0.29) is 0 Å². The van der Waals surface area contributed by atoms with Crippen molar-refractivity contribution in [2.45, 2.75) is 45.3 Å². The van der Waals surface area contributed by atoms with Crippen molar-refractivity contribution in [1.29, 1.82) is 0 Å². The first-order valence-corrected chi connectivity index (χ1v) is 9.82. The number of piperazine rings is 1. The first-order valence-electron chi connectivity index (χ1n) is 9.82. The minimum absolute atomic E-state index is 0.558. The topological polar surface area (TPSA) is 44.3 Å². The number of hydrogen-bond donors (Lipinski definition) is 1. The molecular weight excluding hydrogens is 322 g/mol. The number of benzene rings is 1. The Morgan fingerprint density at radius 2 is 1.65 bits per heavy atom. The number of anilines is 1. The maximum absolute atomic E-state index is 4.64. The first kappa shape index (κ1) is 17.4. The minimum Gasteiger partial charge on any atom is -0.355 e. The third-order valence-corrected chi connectivity index (χ3v) is 5.36. The van der Waals surface area contributed by atoms with E-state index in [1.807, 2.05) is 12.4 Å². The van der Waals surface area contributed by atoms with Crippen LogP contribution in [0.3, 0.4) is 0 Å². The number of rotatable bonds is 4. The highest BCUT2D eigenvalue weighted by Gasteiger charge is 2.20. The molecule has 2 aromatic rings. The molecule has 2 unspecified atom stereocenters. The lowest BCUT2D eigenvalue weighted by atomic mass is 10.1. The largest absolute Gasteiger partial charge is 0.355 e. The molecule has 1 N–H and O–H groups in total. The average molecular weight is 351 g/mol. The van der Waals surface area contributed by atoms with Crippen LogP contribution in [0.4, 0.5) is 5.82 Å². The molecule has 3 heterocycles. The van der Waals surface area contributed by atoms with Crippen LogP contribution in [-0.2, 0) is 6.54 Å². The molecule has 2 aliphatic rings. The molecule has 2 fully saturated rings. The molecule has 0 bridgehead atoms. The fourth-order valence-electron chi connectivity index (χ4n) is 4.19. The lowest BCUT2D eigenvalue weighted by Crippen LogP contribution is -2.53. The Labute approximate surface area is 156 Å². The van der Waals surface area contributed by atoms with E-state index in [0.29, 0.717) is 12.1 Å². The summed E-state index contributed by atoms with van der Waals surface area (Å²) in [7, 11) is 0. The molecule has 2 aliphatic heterocycles. The maximum atomic E-state index is 4.64. The van der Waals surface area contributed by atoms with E-state index in [2.05, 4.69) is 63.2 Å². The zero-order valence-corrected chi connectivity index (χ0v) is 15.9. The van der Waals surface area contributed by atoms with Crippen LogP contribution in [0.1, 0.15) is 32.3 Å². The third kappa shape index (κ3) is 4.05. The predicted molar refractivity (Wildman–Crippen MR) is 106 cm³/mol. The number of nitrogens with one attached hydrogen (secondary N) is 1. The summed E-state index contributed by atoms with van der Waals surface area (Å²) in [5.74, 6) is 1.00. The Bertz CT molecular complexity index is 696. The SMILES string of the molecule is CC1CN(Cc2ccc(-c3cnc(N4CCCC4)cn3)cc2)CC(C)N1. The van der Waals surface area contributed by atoms with Gasteiger partial charge in [0.25, 0.3) is 0 Å². The van der Waals surface area contributed by atoms with Crippen LogP contribution < -0.4 is 10.2 Å². The van der Waals surface area contributed by atoms with Gasteiger partial charge in [-0.15, -0.1) is 0 Å². The van der Waals surface area contributed by atoms with Gasteiger partial charge in [-0.05, 0) is 32.3 Å². The number of hydrogen-bond acceptors (Lipinski definition) is 5. The van der Waals surface area contributed by atoms with Crippen molar-refractivity contribution in [3.63, 3.8) is 0 Å². The Balaban J connectivity index is 1.40. The van der Waals surface area contributed by atoms with Gasteiger partial charge in [-0.2, -0.15) is 0 Å². The van der Waals surface area contributed by atoms with Crippen molar-refractivity contribution < 1.29 is 0 Å². The molecule has 0 aliphatic carbocycles. The normalized spacial score (nSPS) is 24.2. The van der Waals surface area contributed by atoms with Gasteiger partial charge < -0.3 is 10.2 Å². The summed E-state index contributed by atoms with van der Waals surface area (Å²) in [5, 5.41) is 3.59. The highest BCUT2D eigenvalue weighted by molar-refractivity contribution is 5.59. The van der Waals surface area contributed by atoms with Gasteiger partial charge in [-0.1, -0.05) is 24.3 Å². The van der Waals surface area contributed by atoms with Gasteiger partial charge in [0, 0.05) is 50.4 Å². The second-order valence-corrected chi connectivity index (χ2v) is 7.81. The fourth-order valence-corrected chi connectivity index (χ4v) is 4.19. The van der Waals surface area contributed by atoms with E-state index in [1.54, 1.807) is 0 Å². The van der Waals surface area contributed by atoms with Crippen LogP contribution in [-0.4, -0.2) is 53.1 Å². The first-order chi connectivity index (χ1) is 12.7. The molecular formula is C21H29N5. The second kappa shape index (κ2) is 7.72. The summed E-state index contributed by atoms with van der Waals surface area (Å²) in [6.45, 7) is 9.95. The van der Waals surface area contributed by atoms with Crippen LogP contribution in [0, 0.1) is 0 Å². The van der Waals surface area contributed by atoms with Crippen molar-refractivity contribution in [1.82, 2.24) is 20.2 Å². The molecule has 5 heteroatoms. The smallest absolute Gasteiger partial charge is 0.147 e. The molecule has 0 spiro atoms. The molecule has 138 valence electrons. The van der Waals surface area contributed by atoms with Crippen molar-refractivity contribution >= 4 is 5.82 Å². The van der Waals surface area contributed by atoms with Crippen molar-refractivity contribution in [3.05, 3.63) is 42.2 Å². The Morgan fingerprint density at radius 3 is 2.27 bits per heavy atom. The average Bonchev–Trinajstić information content (AvgIpc) is 3.16. The summed E-state index contributed by atoms with van der Waals surface area (Å²) < 4.78 is 0. The van der Waals surface area contributed by atoms with Gasteiger partial charge in [-0.3, -0.25) is 9.88 Å². The number of aromatic nitrogens is 2. The summed E-state index contributed by atoms with van der Waals surface area (Å²) in [6.07, 6.45) is 6.34. The molecule has 2 saturated heterocycles. The lowest BCUT2D eigenvalue weighted by molar-refractivity contribution is 0.166. The van der Waals surface area contributed by atoms with Gasteiger partial charge in [0.15, 0.2) is 0 Å². The Hall–Kier alpha value is -1.98. The molecule has 0 amide bonds. The van der Waals surface area contributed by atoms with E-state index in [4.69, 9.17) is 0 Å². The quantitative estimate of drug-likeness (QED) is 0.917. The van der Waals surface area contributed by atoms with E-state index in [1.165, 1.54) is 18.4 Å². The molecule has 1 aromatic carbocycles. The van der Waals surface area contributed by atoms with Crippen molar-refractivity contribution in [3.8, 4) is 11.3 Å². The van der Waals surface area contributed by atoms with E-state index < -0.39 is 0 Å². The zero-order valence-electron chi connectivity index (χ0n) is 15.9. The fraction of sp³-hybridized carbons (Fsp3) is 0.524. The molecule has 0 saturated carbocycles. The minimum atomic E-state index is 0.558. The Morgan fingerprint density at radius 1 is 0.962 bits per heavy atom. The van der Waals surface area contributed by atoms with Crippen molar-refractivity contribution in [2.75, 3.05) is 31.1 Å². The molecule has 1 aromatic heterocycles. The van der Waals surface area contributed by atoms with Crippen LogP contribution in [0.2, 0.25) is 0 Å². The van der Waals surface area contributed by atoms with Gasteiger partial charge in [0.05, 0.1) is 18.1 Å². The maximum Gasteiger partial charge on any atom is 0.147 e. The van der Waals surface area contributed by atoms with Gasteiger partial charge in [-0.25, -0.2) is 4.98 Å². The van der Waals surface area contributed by atoms with Gasteiger partial charge in [0.2, 0.25) is 0 Å². The zero-order chi connectivity index (χ0) is 17.9. The van der Waals surface area contributed by atoms with Crippen LogP contribution in [0.15, 0.2) is 36.7 Å². The predicted octanol–water partition coefficient (Wildman–Crippen LogP) is 2.93. The summed E-state index contributed by atoms with van der Waals surface area (Å²) >= 11 is 0. The van der Waals surface area contributed by atoms with E-state index in [9.17, 15) is 0 Å². The Kier molecular flexibility index (Phi) is 5.18. The highest BCUT2D eigenvalue weighted by Crippen LogP contribution is 2.21. The third-order valence-electron chi connectivity index (χ3n) is 5.36. The molecule has 2 atom stereocenters. The summed E-state index contributed by atoms with van der Waals surface area (Å²) in [4.78, 5) is 14.1. The summed E-state index contributed by atoms with van der Waals surface area (Å²) in [6, 6.07) is 9.91. The van der Waals surface area contributed by atoms with E-state index >= 15 is 0 Å². The summed E-state index contributed by atoms with van der Waals surface area (Å²) in [5.41, 5.74) is 3.44. The lowest BCUT2D eigenvalue weighted by Gasteiger charge is -2.36. The van der Waals surface area contributed by atoms with Gasteiger partial charge >= 0.3 is 0 Å². The molecule has 0 radical (unpaired) electrons. The molecule has 26 heavy (non-hydrogen) atoms. The molecule has 4 rings (SSSR count). The van der Waals surface area contributed by atoms with Gasteiger partial charge in [0.1, 0.15) is 5.82 Å². The second-order valence-electron chi connectivity index (χ2n) is 7.81. The van der Waals surface area contributed by atoms with Crippen LogP contribution in [0.25, 0.3) is 11.3 Å². The van der Waals surface area contributed by atoms with E-state index in [0.717, 1.165) is 49.8 Å².